The van der Waals surface area contributed by atoms with Gasteiger partial charge in [-0.2, -0.15) is 0 Å². The number of benzene rings is 1. The number of fused-ring (bicyclic) bond motifs is 1. The highest BCUT2D eigenvalue weighted by Gasteiger charge is 2.60. The summed E-state index contributed by atoms with van der Waals surface area (Å²) < 4.78 is 5.42. The number of nitrogens with zero attached hydrogens (tertiary/aromatic N) is 1. The van der Waals surface area contributed by atoms with Gasteiger partial charge in [0.15, 0.2) is 0 Å². The van der Waals surface area contributed by atoms with E-state index in [-0.39, 0.29) is 18.0 Å². The zero-order chi connectivity index (χ0) is 14.6. The Labute approximate surface area is 119 Å². The molecule has 1 saturated carbocycles. The number of aryl methyl sites for hydroxylation is 2. The van der Waals surface area contributed by atoms with Gasteiger partial charge < -0.3 is 15.4 Å². The molecule has 1 aromatic carbocycles. The number of ether oxygens (including phenoxy) is 1. The van der Waals surface area contributed by atoms with E-state index >= 15 is 0 Å². The second-order valence-electron chi connectivity index (χ2n) is 6.12. The van der Waals surface area contributed by atoms with Crippen LogP contribution in [-0.2, 0) is 4.79 Å². The maximum atomic E-state index is 11.9. The first-order valence-corrected chi connectivity index (χ1v) is 7.13. The van der Waals surface area contributed by atoms with Crippen molar-refractivity contribution in [2.75, 3.05) is 13.7 Å². The van der Waals surface area contributed by atoms with E-state index in [1.807, 2.05) is 18.7 Å². The molecule has 1 aromatic rings. The van der Waals surface area contributed by atoms with Crippen LogP contribution < -0.4 is 10.5 Å². The molecule has 2 N–H and O–H groups in total. The van der Waals surface area contributed by atoms with Crippen molar-refractivity contribution in [1.82, 2.24) is 4.90 Å². The van der Waals surface area contributed by atoms with Crippen molar-refractivity contribution in [1.29, 1.82) is 0 Å². The number of carbonyl (C=O) groups excluding carboxylic acids is 1. The van der Waals surface area contributed by atoms with Crippen LogP contribution in [0, 0.1) is 25.7 Å². The maximum absolute atomic E-state index is 11.9. The number of hydrogen-bond donors (Lipinski definition) is 1. The predicted molar refractivity (Wildman–Crippen MR) is 77.6 cm³/mol. The zero-order valence-corrected chi connectivity index (χ0v) is 12.5. The van der Waals surface area contributed by atoms with Crippen LogP contribution in [0.4, 0.5) is 0 Å². The third-order valence-corrected chi connectivity index (χ3v) is 4.83. The third-order valence-electron chi connectivity index (χ3n) is 4.83. The molecule has 0 radical (unpaired) electrons. The van der Waals surface area contributed by atoms with Gasteiger partial charge in [-0.15, -0.1) is 0 Å². The van der Waals surface area contributed by atoms with E-state index < -0.39 is 0 Å². The first kappa shape index (κ1) is 13.4. The minimum Gasteiger partial charge on any atom is -0.496 e. The molecule has 1 heterocycles. The quantitative estimate of drug-likeness (QED) is 0.894. The van der Waals surface area contributed by atoms with Gasteiger partial charge in [0.25, 0.3) is 0 Å². The van der Waals surface area contributed by atoms with Crippen molar-refractivity contribution in [2.24, 2.45) is 17.6 Å². The van der Waals surface area contributed by atoms with E-state index in [4.69, 9.17) is 10.5 Å². The molecule has 1 aliphatic heterocycles. The number of piperidine rings is 1. The van der Waals surface area contributed by atoms with E-state index in [0.29, 0.717) is 11.8 Å². The number of carbonyl (C=O) groups is 1. The molecule has 3 rings (SSSR count). The monoisotopic (exact) mass is 274 g/mol. The summed E-state index contributed by atoms with van der Waals surface area (Å²) in [5, 5.41) is 0. The Morgan fingerprint density at radius 3 is 2.45 bits per heavy atom. The minimum atomic E-state index is 0.135. The summed E-state index contributed by atoms with van der Waals surface area (Å²) in [6, 6.07) is 4.66. The summed E-state index contributed by atoms with van der Waals surface area (Å²) in [7, 11) is 1.69. The minimum absolute atomic E-state index is 0.135. The molecule has 1 aliphatic carbocycles. The molecule has 108 valence electrons. The lowest BCUT2D eigenvalue weighted by molar-refractivity contribution is -0.130. The first-order chi connectivity index (χ1) is 9.45. The highest BCUT2D eigenvalue weighted by Crippen LogP contribution is 2.55. The summed E-state index contributed by atoms with van der Waals surface area (Å²) in [4.78, 5) is 13.8. The lowest BCUT2D eigenvalue weighted by Crippen LogP contribution is -2.35. The molecule has 0 aromatic heterocycles. The van der Waals surface area contributed by atoms with Crippen molar-refractivity contribution < 1.29 is 9.53 Å². The van der Waals surface area contributed by atoms with Crippen molar-refractivity contribution >= 4 is 5.91 Å². The Kier molecular flexibility index (Phi) is 3.01. The summed E-state index contributed by atoms with van der Waals surface area (Å²) in [6.07, 6.45) is 0. The van der Waals surface area contributed by atoms with Crippen molar-refractivity contribution in [3.8, 4) is 5.75 Å². The second-order valence-corrected chi connectivity index (χ2v) is 6.12. The molecule has 0 bridgehead atoms. The molecule has 4 atom stereocenters. The number of likely N-dealkylation sites (tertiary alicyclic amines) is 1. The Hall–Kier alpha value is -1.55. The van der Waals surface area contributed by atoms with E-state index in [1.165, 1.54) is 5.56 Å². The molecule has 4 heteroatoms. The highest BCUT2D eigenvalue weighted by atomic mass is 16.5. The van der Waals surface area contributed by atoms with Gasteiger partial charge in [-0.25, -0.2) is 0 Å². The summed E-state index contributed by atoms with van der Waals surface area (Å²) in [5.41, 5.74) is 9.55. The predicted octanol–water partition coefficient (Wildman–Crippen LogP) is 1.79. The van der Waals surface area contributed by atoms with Gasteiger partial charge in [-0.05, 0) is 36.5 Å². The fourth-order valence-corrected chi connectivity index (χ4v) is 3.87. The maximum Gasteiger partial charge on any atom is 0.219 e. The van der Waals surface area contributed by atoms with Crippen LogP contribution in [0.25, 0.3) is 0 Å². The summed E-state index contributed by atoms with van der Waals surface area (Å²) in [5.74, 6) is 1.97. The van der Waals surface area contributed by atoms with E-state index in [2.05, 4.69) is 12.1 Å². The zero-order valence-electron chi connectivity index (χ0n) is 12.5. The number of nitrogens with two attached hydrogens (primary N) is 1. The summed E-state index contributed by atoms with van der Waals surface area (Å²) in [6.45, 7) is 6.54. The van der Waals surface area contributed by atoms with Crippen LogP contribution >= 0.6 is 0 Å². The lowest BCUT2D eigenvalue weighted by Gasteiger charge is -2.28. The third kappa shape index (κ3) is 1.82. The number of amides is 1. The van der Waals surface area contributed by atoms with Gasteiger partial charge in [-0.3, -0.25) is 4.79 Å². The molecule has 1 saturated heterocycles. The highest BCUT2D eigenvalue weighted by molar-refractivity contribution is 5.75. The summed E-state index contributed by atoms with van der Waals surface area (Å²) >= 11 is 0. The van der Waals surface area contributed by atoms with Crippen LogP contribution in [0.2, 0.25) is 0 Å². The molecular formula is C16H22N2O2. The first-order valence-electron chi connectivity index (χ1n) is 7.13. The normalized spacial score (nSPS) is 31.1. The van der Waals surface area contributed by atoms with E-state index in [1.54, 1.807) is 14.0 Å². The van der Waals surface area contributed by atoms with Gasteiger partial charge in [-0.1, -0.05) is 12.1 Å². The SMILES string of the molecule is COc1c(C)cc(C2C3C(N)C3CN2C(C)=O)cc1C. The second kappa shape index (κ2) is 4.48. The van der Waals surface area contributed by atoms with Crippen molar-refractivity contribution in [2.45, 2.75) is 32.9 Å². The smallest absolute Gasteiger partial charge is 0.219 e. The lowest BCUT2D eigenvalue weighted by atomic mass is 9.96. The van der Waals surface area contributed by atoms with Crippen molar-refractivity contribution in [3.05, 3.63) is 28.8 Å². The molecule has 4 nitrogen and oxygen atoms in total. The van der Waals surface area contributed by atoms with Gasteiger partial charge >= 0.3 is 0 Å². The molecular weight excluding hydrogens is 252 g/mol. The molecule has 2 aliphatic rings. The Balaban J connectivity index is 2.00. The van der Waals surface area contributed by atoms with Gasteiger partial charge in [0.05, 0.1) is 13.2 Å². The fraction of sp³-hybridized carbons (Fsp3) is 0.562. The topological polar surface area (TPSA) is 55.6 Å². The molecule has 4 unspecified atom stereocenters. The van der Waals surface area contributed by atoms with Crippen LogP contribution in [0.1, 0.15) is 29.7 Å². The standard InChI is InChI=1S/C16H22N2O2/c1-8-5-11(6-9(2)16(8)20-4)15-13-12(14(13)17)7-18(15)10(3)19/h5-6,12-15H,7,17H2,1-4H3. The molecule has 20 heavy (non-hydrogen) atoms. The Morgan fingerprint density at radius 2 is 1.95 bits per heavy atom. The largest absolute Gasteiger partial charge is 0.496 e. The molecule has 1 amide bonds. The number of methoxy groups -OCH3 is 1. The van der Waals surface area contributed by atoms with E-state index in [9.17, 15) is 4.79 Å². The average molecular weight is 274 g/mol. The molecule has 2 fully saturated rings. The van der Waals surface area contributed by atoms with E-state index in [0.717, 1.165) is 23.4 Å². The van der Waals surface area contributed by atoms with Gasteiger partial charge in [0.1, 0.15) is 5.75 Å². The van der Waals surface area contributed by atoms with Gasteiger partial charge in [0, 0.05) is 25.4 Å². The van der Waals surface area contributed by atoms with Crippen molar-refractivity contribution in [3.63, 3.8) is 0 Å². The van der Waals surface area contributed by atoms with Crippen LogP contribution in [0.3, 0.4) is 0 Å². The Bertz CT molecular complexity index is 547. The fourth-order valence-electron chi connectivity index (χ4n) is 3.87. The number of rotatable bonds is 2. The Morgan fingerprint density at radius 1 is 1.35 bits per heavy atom. The number of hydrogen-bond acceptors (Lipinski definition) is 3. The van der Waals surface area contributed by atoms with Gasteiger partial charge in [0.2, 0.25) is 5.91 Å². The average Bonchev–Trinajstić information content (AvgIpc) is 2.85. The van der Waals surface area contributed by atoms with Crippen LogP contribution in [-0.4, -0.2) is 30.5 Å². The van der Waals surface area contributed by atoms with Crippen LogP contribution in [0.5, 0.6) is 5.75 Å². The molecule has 0 spiro atoms. The van der Waals surface area contributed by atoms with Crippen LogP contribution in [0.15, 0.2) is 12.1 Å².